The van der Waals surface area contributed by atoms with E-state index in [0.29, 0.717) is 5.41 Å². The number of aryl methyl sites for hydroxylation is 1. The molecule has 0 bridgehead atoms. The molecule has 0 amide bonds. The Hall–Kier alpha value is -0.630. The van der Waals surface area contributed by atoms with Crippen molar-refractivity contribution in [3.05, 3.63) is 29.8 Å². The maximum Gasteiger partial charge on any atom is 0.0732 e. The molecule has 0 atom stereocenters. The second-order valence-electron chi connectivity index (χ2n) is 5.41. The van der Waals surface area contributed by atoms with Gasteiger partial charge in [0, 0.05) is 11.5 Å². The van der Waals surface area contributed by atoms with Gasteiger partial charge in [0.1, 0.15) is 0 Å². The summed E-state index contributed by atoms with van der Waals surface area (Å²) in [5, 5.41) is 0. The van der Waals surface area contributed by atoms with Crippen LogP contribution in [-0.4, -0.2) is 11.5 Å². The minimum atomic E-state index is 0.272. The normalized spacial score (nSPS) is 20.7. The Bertz CT molecular complexity index is 395. The lowest BCUT2D eigenvalue weighted by atomic mass is 9.87. The van der Waals surface area contributed by atoms with Gasteiger partial charge >= 0.3 is 0 Å². The molecule has 2 rings (SSSR count). The standard InChI is InChI=1S/C14H21NS/c1-12-6-4-5-7-13(12)15-16-10-8-14(2,3)9-11-16/h4-7H,8-11H2,1-3H3. The van der Waals surface area contributed by atoms with E-state index in [4.69, 9.17) is 4.36 Å². The molecule has 88 valence electrons. The van der Waals surface area contributed by atoms with Gasteiger partial charge in [-0.2, -0.15) is 0 Å². The van der Waals surface area contributed by atoms with Crippen LogP contribution in [0.1, 0.15) is 32.3 Å². The Morgan fingerprint density at radius 2 is 1.75 bits per heavy atom. The highest BCUT2D eigenvalue weighted by Crippen LogP contribution is 2.31. The molecule has 1 aliphatic rings. The van der Waals surface area contributed by atoms with E-state index in [1.807, 2.05) is 0 Å². The molecule has 1 nitrogen and oxygen atoms in total. The van der Waals surface area contributed by atoms with Gasteiger partial charge in [-0.15, -0.1) is 0 Å². The summed E-state index contributed by atoms with van der Waals surface area (Å²) in [7, 11) is 0.272. The molecular formula is C14H21NS. The maximum atomic E-state index is 4.91. The fourth-order valence-corrected chi connectivity index (χ4v) is 4.36. The summed E-state index contributed by atoms with van der Waals surface area (Å²) < 4.78 is 4.91. The first kappa shape index (κ1) is 11.8. The lowest BCUT2D eigenvalue weighted by Gasteiger charge is -2.30. The quantitative estimate of drug-likeness (QED) is 0.690. The molecule has 1 aromatic carbocycles. The fraction of sp³-hybridized carbons (Fsp3) is 0.571. The number of rotatable bonds is 1. The molecule has 16 heavy (non-hydrogen) atoms. The molecular weight excluding hydrogens is 214 g/mol. The first-order chi connectivity index (χ1) is 7.57. The molecule has 2 heteroatoms. The predicted octanol–water partition coefficient (Wildman–Crippen LogP) is 4.25. The zero-order chi connectivity index (χ0) is 11.6. The van der Waals surface area contributed by atoms with E-state index >= 15 is 0 Å². The van der Waals surface area contributed by atoms with Crippen LogP contribution in [-0.2, 0) is 10.7 Å². The first-order valence-electron chi connectivity index (χ1n) is 6.02. The highest BCUT2D eigenvalue weighted by atomic mass is 32.2. The van der Waals surface area contributed by atoms with Crippen LogP contribution in [0.25, 0.3) is 0 Å². The van der Waals surface area contributed by atoms with E-state index in [0.717, 1.165) is 0 Å². The van der Waals surface area contributed by atoms with Crippen LogP contribution < -0.4 is 0 Å². The SMILES string of the molecule is Cc1ccccc1N=S1CCC(C)(C)CC1. The summed E-state index contributed by atoms with van der Waals surface area (Å²) in [4.78, 5) is 0. The zero-order valence-electron chi connectivity index (χ0n) is 10.5. The lowest BCUT2D eigenvalue weighted by Crippen LogP contribution is -2.24. The molecule has 1 fully saturated rings. The molecule has 1 heterocycles. The first-order valence-corrected chi connectivity index (χ1v) is 7.54. The van der Waals surface area contributed by atoms with Crippen molar-refractivity contribution in [2.45, 2.75) is 33.6 Å². The number of nitrogens with zero attached hydrogens (tertiary/aromatic N) is 1. The van der Waals surface area contributed by atoms with E-state index in [2.05, 4.69) is 45.0 Å². The van der Waals surface area contributed by atoms with E-state index in [1.54, 1.807) is 0 Å². The summed E-state index contributed by atoms with van der Waals surface area (Å²) in [5.74, 6) is 2.56. The zero-order valence-corrected chi connectivity index (χ0v) is 11.3. The van der Waals surface area contributed by atoms with Crippen molar-refractivity contribution in [2.75, 3.05) is 11.5 Å². The monoisotopic (exact) mass is 235 g/mol. The maximum absolute atomic E-state index is 4.91. The van der Waals surface area contributed by atoms with Gasteiger partial charge in [-0.25, -0.2) is 4.36 Å². The third-order valence-electron chi connectivity index (χ3n) is 3.37. The van der Waals surface area contributed by atoms with Crippen molar-refractivity contribution >= 4 is 16.4 Å². The van der Waals surface area contributed by atoms with Gasteiger partial charge in [0.2, 0.25) is 0 Å². The van der Waals surface area contributed by atoms with Crippen molar-refractivity contribution in [1.82, 2.24) is 0 Å². The third kappa shape index (κ3) is 2.94. The largest absolute Gasteiger partial charge is 0.228 e. The number of hydrogen-bond donors (Lipinski definition) is 0. The van der Waals surface area contributed by atoms with Gasteiger partial charge < -0.3 is 0 Å². The van der Waals surface area contributed by atoms with Crippen LogP contribution >= 0.6 is 0 Å². The fourth-order valence-electron chi connectivity index (χ4n) is 1.91. The number of benzene rings is 1. The van der Waals surface area contributed by atoms with Gasteiger partial charge in [0.25, 0.3) is 0 Å². The molecule has 0 aromatic heterocycles. The molecule has 0 aliphatic carbocycles. The van der Waals surface area contributed by atoms with Crippen LogP contribution in [0.4, 0.5) is 5.69 Å². The Kier molecular flexibility index (Phi) is 3.48. The van der Waals surface area contributed by atoms with Crippen molar-refractivity contribution in [2.24, 2.45) is 9.78 Å². The Balaban J connectivity index is 2.12. The third-order valence-corrected chi connectivity index (χ3v) is 5.18. The summed E-state index contributed by atoms with van der Waals surface area (Å²) in [6.45, 7) is 6.90. The van der Waals surface area contributed by atoms with Crippen LogP contribution in [0.15, 0.2) is 28.6 Å². The summed E-state index contributed by atoms with van der Waals surface area (Å²) in [6, 6.07) is 8.46. The smallest absolute Gasteiger partial charge is 0.0732 e. The van der Waals surface area contributed by atoms with Gasteiger partial charge in [0.05, 0.1) is 5.69 Å². The average Bonchev–Trinajstić information content (AvgIpc) is 2.24. The van der Waals surface area contributed by atoms with Crippen LogP contribution in [0, 0.1) is 12.3 Å². The Labute approximate surface area is 101 Å². The summed E-state index contributed by atoms with van der Waals surface area (Å²) in [5.41, 5.74) is 3.05. The van der Waals surface area contributed by atoms with E-state index < -0.39 is 0 Å². The lowest BCUT2D eigenvalue weighted by molar-refractivity contribution is 0.335. The minimum absolute atomic E-state index is 0.272. The van der Waals surface area contributed by atoms with Crippen molar-refractivity contribution in [3.63, 3.8) is 0 Å². The Morgan fingerprint density at radius 1 is 1.12 bits per heavy atom. The molecule has 1 aromatic rings. The van der Waals surface area contributed by atoms with Gasteiger partial charge in [-0.3, -0.25) is 0 Å². The predicted molar refractivity (Wildman–Crippen MR) is 73.4 cm³/mol. The van der Waals surface area contributed by atoms with Crippen molar-refractivity contribution < 1.29 is 0 Å². The second-order valence-corrected chi connectivity index (χ2v) is 7.34. The molecule has 1 aliphatic heterocycles. The van der Waals surface area contributed by atoms with Crippen molar-refractivity contribution in [3.8, 4) is 0 Å². The minimum Gasteiger partial charge on any atom is -0.228 e. The van der Waals surface area contributed by atoms with Crippen molar-refractivity contribution in [1.29, 1.82) is 0 Å². The van der Waals surface area contributed by atoms with Gasteiger partial charge in [0.15, 0.2) is 0 Å². The highest BCUT2D eigenvalue weighted by Gasteiger charge is 2.23. The summed E-state index contributed by atoms with van der Waals surface area (Å²) in [6.07, 6.45) is 2.65. The topological polar surface area (TPSA) is 12.4 Å². The van der Waals surface area contributed by atoms with Crippen LogP contribution in [0.5, 0.6) is 0 Å². The molecule has 0 radical (unpaired) electrons. The van der Waals surface area contributed by atoms with Crippen LogP contribution in [0.3, 0.4) is 0 Å². The summed E-state index contributed by atoms with van der Waals surface area (Å²) >= 11 is 0. The highest BCUT2D eigenvalue weighted by molar-refractivity contribution is 7.87. The van der Waals surface area contributed by atoms with Crippen LogP contribution in [0.2, 0.25) is 0 Å². The van der Waals surface area contributed by atoms with Gasteiger partial charge in [-0.05, 0) is 36.8 Å². The van der Waals surface area contributed by atoms with Gasteiger partial charge in [-0.1, -0.05) is 42.7 Å². The Morgan fingerprint density at radius 3 is 2.38 bits per heavy atom. The average molecular weight is 235 g/mol. The molecule has 0 N–H and O–H groups in total. The number of hydrogen-bond acceptors (Lipinski definition) is 1. The van der Waals surface area contributed by atoms with E-state index in [1.165, 1.54) is 35.6 Å². The van der Waals surface area contributed by atoms with E-state index in [-0.39, 0.29) is 10.7 Å². The van der Waals surface area contributed by atoms with E-state index in [9.17, 15) is 0 Å². The molecule has 0 spiro atoms. The second kappa shape index (κ2) is 4.70. The molecule has 1 saturated heterocycles. The molecule has 0 saturated carbocycles. The molecule has 0 unspecified atom stereocenters.